The van der Waals surface area contributed by atoms with Gasteiger partial charge in [-0.2, -0.15) is 4.98 Å². The highest BCUT2D eigenvalue weighted by molar-refractivity contribution is 6.34. The number of anilines is 2. The Kier molecular flexibility index (Phi) is 6.53. The van der Waals surface area contributed by atoms with Crippen molar-refractivity contribution in [2.45, 2.75) is 58.6 Å². The van der Waals surface area contributed by atoms with Gasteiger partial charge in [-0.1, -0.05) is 11.6 Å². The second-order valence-electron chi connectivity index (χ2n) is 8.97. The highest BCUT2D eigenvalue weighted by atomic mass is 35.5. The fraction of sp³-hybridized carbons (Fsp3) is 0.565. The van der Waals surface area contributed by atoms with Gasteiger partial charge in [-0.15, -0.1) is 0 Å². The maximum Gasteiger partial charge on any atom is 0.223 e. The first-order chi connectivity index (χ1) is 15.3. The molecule has 32 heavy (non-hydrogen) atoms. The lowest BCUT2D eigenvalue weighted by Gasteiger charge is -2.36. The fourth-order valence-electron chi connectivity index (χ4n) is 5.03. The van der Waals surface area contributed by atoms with Gasteiger partial charge < -0.3 is 20.5 Å². The Balaban J connectivity index is 1.67. The van der Waals surface area contributed by atoms with Crippen molar-refractivity contribution in [1.29, 1.82) is 0 Å². The van der Waals surface area contributed by atoms with Gasteiger partial charge in [-0.3, -0.25) is 9.78 Å². The van der Waals surface area contributed by atoms with Crippen LogP contribution in [-0.4, -0.2) is 45.6 Å². The van der Waals surface area contributed by atoms with Crippen LogP contribution in [-0.2, 0) is 6.54 Å². The molecule has 0 bridgehead atoms. The van der Waals surface area contributed by atoms with Crippen LogP contribution in [0, 0.1) is 25.7 Å². The maximum atomic E-state index is 13.4. The first-order valence-electron chi connectivity index (χ1n) is 11.1. The minimum Gasteiger partial charge on any atom is -0.496 e. The molecule has 2 aliphatic rings. The number of ketones is 1. The van der Waals surface area contributed by atoms with Crippen molar-refractivity contribution in [3.63, 3.8) is 0 Å². The van der Waals surface area contributed by atoms with Crippen LogP contribution in [0.3, 0.4) is 0 Å². The molecule has 0 aromatic carbocycles. The number of halogens is 1. The Hall–Kier alpha value is -2.45. The van der Waals surface area contributed by atoms with Crippen LogP contribution in [0.5, 0.6) is 5.75 Å². The third-order valence-corrected chi connectivity index (χ3v) is 7.02. The van der Waals surface area contributed by atoms with Crippen molar-refractivity contribution in [2.75, 3.05) is 24.3 Å². The molecule has 1 unspecified atom stereocenters. The minimum absolute atomic E-state index is 0.0291. The molecule has 3 N–H and O–H groups in total. The van der Waals surface area contributed by atoms with E-state index >= 15 is 0 Å². The van der Waals surface area contributed by atoms with Crippen LogP contribution in [0.15, 0.2) is 6.20 Å². The number of Topliss-reactive ketones (excluding diaryl/α,β-unsaturated/α-hetero) is 1. The van der Waals surface area contributed by atoms with E-state index in [-0.39, 0.29) is 28.9 Å². The zero-order chi connectivity index (χ0) is 23.0. The largest absolute Gasteiger partial charge is 0.496 e. The molecule has 3 heterocycles. The molecular weight excluding hydrogens is 430 g/mol. The lowest BCUT2D eigenvalue weighted by Crippen LogP contribution is -2.41. The molecule has 1 saturated carbocycles. The number of hydrogen-bond donors (Lipinski definition) is 2. The summed E-state index contributed by atoms with van der Waals surface area (Å²) in [5, 5.41) is 9.93. The summed E-state index contributed by atoms with van der Waals surface area (Å²) in [6.45, 7) is 4.91. The molecule has 0 radical (unpaired) electrons. The molecule has 1 fully saturated rings. The van der Waals surface area contributed by atoms with Crippen molar-refractivity contribution in [3.8, 4) is 5.75 Å². The van der Waals surface area contributed by atoms with Gasteiger partial charge in [-0.05, 0) is 51.9 Å². The predicted molar refractivity (Wildman–Crippen MR) is 123 cm³/mol. The molecule has 9 heteroatoms. The number of methoxy groups -OCH3 is 1. The van der Waals surface area contributed by atoms with Crippen LogP contribution >= 0.6 is 11.6 Å². The Morgan fingerprint density at radius 3 is 2.66 bits per heavy atom. The van der Waals surface area contributed by atoms with E-state index < -0.39 is 0 Å². The van der Waals surface area contributed by atoms with Crippen molar-refractivity contribution < 1.29 is 14.6 Å². The van der Waals surface area contributed by atoms with Gasteiger partial charge in [-0.25, -0.2) is 4.98 Å². The standard InChI is InChI=1S/C23H30ClN5O3/c1-12-9-26-17(13(2)20(12)32-3)11-29-10-15(8-14-4-6-16(30)7-5-14)19(31)18-21(24)27-23(25)28-22(18)29/h9,14-16,30H,4-8,10-11H2,1-3H3,(H2,25,27,28). The Morgan fingerprint density at radius 2 is 1.97 bits per heavy atom. The molecule has 0 saturated heterocycles. The molecular formula is C23H30ClN5O3. The fourth-order valence-corrected chi connectivity index (χ4v) is 5.30. The molecule has 2 aromatic rings. The quantitative estimate of drug-likeness (QED) is 0.653. The third kappa shape index (κ3) is 4.38. The number of nitrogen functional groups attached to an aromatic ring is 1. The SMILES string of the molecule is COc1c(C)cnc(CN2CC(CC3CCC(O)CC3)C(=O)c3c(Cl)nc(N)nc32)c1C. The van der Waals surface area contributed by atoms with Gasteiger partial charge in [0.2, 0.25) is 5.95 Å². The summed E-state index contributed by atoms with van der Waals surface area (Å²) >= 11 is 6.39. The molecule has 8 nitrogen and oxygen atoms in total. The van der Waals surface area contributed by atoms with Gasteiger partial charge >= 0.3 is 0 Å². The zero-order valence-corrected chi connectivity index (χ0v) is 19.5. The van der Waals surface area contributed by atoms with E-state index in [0.717, 1.165) is 54.7 Å². The van der Waals surface area contributed by atoms with Gasteiger partial charge in [0.1, 0.15) is 16.7 Å². The number of rotatable bonds is 5. The Morgan fingerprint density at radius 1 is 1.25 bits per heavy atom. The van der Waals surface area contributed by atoms with E-state index in [1.54, 1.807) is 13.3 Å². The second-order valence-corrected chi connectivity index (χ2v) is 9.33. The van der Waals surface area contributed by atoms with Gasteiger partial charge in [0.05, 0.1) is 31.0 Å². The molecule has 1 aliphatic carbocycles. The predicted octanol–water partition coefficient (Wildman–Crippen LogP) is 3.49. The van der Waals surface area contributed by atoms with Crippen molar-refractivity contribution in [1.82, 2.24) is 15.0 Å². The van der Waals surface area contributed by atoms with E-state index in [2.05, 4.69) is 15.0 Å². The van der Waals surface area contributed by atoms with Crippen LogP contribution in [0.1, 0.15) is 59.3 Å². The van der Waals surface area contributed by atoms with Crippen LogP contribution in [0.25, 0.3) is 0 Å². The maximum absolute atomic E-state index is 13.4. The lowest BCUT2D eigenvalue weighted by molar-refractivity contribution is 0.0829. The lowest BCUT2D eigenvalue weighted by atomic mass is 9.78. The molecule has 172 valence electrons. The van der Waals surface area contributed by atoms with E-state index in [1.165, 1.54) is 0 Å². The first kappa shape index (κ1) is 22.7. The summed E-state index contributed by atoms with van der Waals surface area (Å²) in [7, 11) is 1.65. The number of carbonyl (C=O) groups is 1. The van der Waals surface area contributed by atoms with Crippen molar-refractivity contribution >= 4 is 29.2 Å². The topological polar surface area (TPSA) is 114 Å². The average molecular weight is 460 g/mol. The summed E-state index contributed by atoms with van der Waals surface area (Å²) in [4.78, 5) is 28.5. The van der Waals surface area contributed by atoms with Gasteiger partial charge in [0.25, 0.3) is 0 Å². The van der Waals surface area contributed by atoms with E-state index in [4.69, 9.17) is 22.1 Å². The molecule has 4 rings (SSSR count). The van der Waals surface area contributed by atoms with E-state index in [9.17, 15) is 9.90 Å². The number of nitrogens with two attached hydrogens (primary N) is 1. The third-order valence-electron chi connectivity index (χ3n) is 6.75. The Bertz CT molecular complexity index is 1020. The number of hydrogen-bond acceptors (Lipinski definition) is 8. The number of pyridine rings is 1. The number of aliphatic hydroxyl groups excluding tert-OH is 1. The highest BCUT2D eigenvalue weighted by Crippen LogP contribution is 2.38. The van der Waals surface area contributed by atoms with Crippen LogP contribution < -0.4 is 15.4 Å². The second kappa shape index (κ2) is 9.19. The van der Waals surface area contributed by atoms with E-state index in [1.807, 2.05) is 18.7 Å². The molecule has 0 amide bonds. The molecule has 1 aliphatic heterocycles. The van der Waals surface area contributed by atoms with Crippen LogP contribution in [0.2, 0.25) is 5.15 Å². The highest BCUT2D eigenvalue weighted by Gasteiger charge is 2.38. The first-order valence-corrected chi connectivity index (χ1v) is 11.5. The van der Waals surface area contributed by atoms with E-state index in [0.29, 0.717) is 30.4 Å². The summed E-state index contributed by atoms with van der Waals surface area (Å²) in [5.41, 5.74) is 8.98. The number of nitrogens with zero attached hydrogens (tertiary/aromatic N) is 4. The molecule has 2 aromatic heterocycles. The number of aryl methyl sites for hydroxylation is 1. The number of aromatic nitrogens is 3. The number of ether oxygens (including phenoxy) is 1. The summed E-state index contributed by atoms with van der Waals surface area (Å²) in [6.07, 6.45) is 5.77. The Labute approximate surface area is 193 Å². The monoisotopic (exact) mass is 459 g/mol. The van der Waals surface area contributed by atoms with Gasteiger partial charge in [0, 0.05) is 29.8 Å². The van der Waals surface area contributed by atoms with Crippen molar-refractivity contribution in [2.24, 2.45) is 11.8 Å². The zero-order valence-electron chi connectivity index (χ0n) is 18.8. The van der Waals surface area contributed by atoms with Gasteiger partial charge in [0.15, 0.2) is 5.78 Å². The summed E-state index contributed by atoms with van der Waals surface area (Å²) in [5.74, 6) is 1.46. The number of carbonyl (C=O) groups excluding carboxylic acids is 1. The number of fused-ring (bicyclic) bond motifs is 1. The van der Waals surface area contributed by atoms with Crippen LogP contribution in [0.4, 0.5) is 11.8 Å². The minimum atomic E-state index is -0.222. The molecule has 1 atom stereocenters. The number of aliphatic hydroxyl groups is 1. The van der Waals surface area contributed by atoms with Crippen molar-refractivity contribution in [3.05, 3.63) is 33.7 Å². The summed E-state index contributed by atoms with van der Waals surface area (Å²) < 4.78 is 5.56. The smallest absolute Gasteiger partial charge is 0.223 e. The molecule has 0 spiro atoms. The normalized spacial score (nSPS) is 23.2. The summed E-state index contributed by atoms with van der Waals surface area (Å²) in [6, 6.07) is 0. The average Bonchev–Trinajstić information content (AvgIpc) is 2.74.